The number of hydrogen-bond acceptors (Lipinski definition) is 2. The quantitative estimate of drug-likeness (QED) is 0.841. The highest BCUT2D eigenvalue weighted by Crippen LogP contribution is 2.69. The summed E-state index contributed by atoms with van der Waals surface area (Å²) in [6.45, 7) is 9.56. The van der Waals surface area contributed by atoms with E-state index in [1.807, 2.05) is 6.92 Å². The fraction of sp³-hybridized carbons (Fsp3) is 1.00. The van der Waals surface area contributed by atoms with Gasteiger partial charge in [0.25, 0.3) is 0 Å². The van der Waals surface area contributed by atoms with Crippen molar-refractivity contribution in [3.63, 3.8) is 0 Å². The summed E-state index contributed by atoms with van der Waals surface area (Å²) < 4.78 is 6.34. The highest BCUT2D eigenvalue weighted by atomic mass is 16.5. The van der Waals surface area contributed by atoms with Crippen molar-refractivity contribution >= 4 is 0 Å². The molecule has 3 aliphatic carbocycles. The molecule has 0 aliphatic heterocycles. The van der Waals surface area contributed by atoms with E-state index in [1.54, 1.807) is 0 Å². The Hall–Kier alpha value is -0.0800. The van der Waals surface area contributed by atoms with E-state index in [0.717, 1.165) is 5.92 Å². The van der Waals surface area contributed by atoms with E-state index >= 15 is 0 Å². The molecule has 116 valence electrons. The molecular formula is C18H32O2. The predicted octanol–water partition coefficient (Wildman–Crippen LogP) is 4.16. The molecule has 3 aliphatic rings. The van der Waals surface area contributed by atoms with Gasteiger partial charge in [-0.1, -0.05) is 27.2 Å². The van der Waals surface area contributed by atoms with Crippen LogP contribution in [0.4, 0.5) is 0 Å². The van der Waals surface area contributed by atoms with Crippen LogP contribution in [0.25, 0.3) is 0 Å². The van der Waals surface area contributed by atoms with Gasteiger partial charge in [0.1, 0.15) is 0 Å². The minimum atomic E-state index is -0.0148. The Morgan fingerprint density at radius 1 is 1.20 bits per heavy atom. The number of fused-ring (bicyclic) bond motifs is 1. The zero-order chi connectivity index (χ0) is 14.6. The van der Waals surface area contributed by atoms with Crippen molar-refractivity contribution in [2.45, 2.75) is 84.8 Å². The lowest BCUT2D eigenvalue weighted by Gasteiger charge is -2.56. The van der Waals surface area contributed by atoms with Crippen LogP contribution in [0.15, 0.2) is 0 Å². The number of ether oxygens (including phenoxy) is 1. The molecule has 3 fully saturated rings. The molecular weight excluding hydrogens is 248 g/mol. The molecule has 0 saturated heterocycles. The Morgan fingerprint density at radius 2 is 1.95 bits per heavy atom. The van der Waals surface area contributed by atoms with Gasteiger partial charge < -0.3 is 9.84 Å². The van der Waals surface area contributed by atoms with Crippen molar-refractivity contribution in [1.29, 1.82) is 0 Å². The number of aliphatic hydroxyl groups excluding tert-OH is 1. The molecule has 3 rings (SSSR count). The Morgan fingerprint density at radius 3 is 2.65 bits per heavy atom. The third-order valence-electron chi connectivity index (χ3n) is 6.86. The zero-order valence-electron chi connectivity index (χ0n) is 13.7. The number of hydrogen-bond donors (Lipinski definition) is 1. The fourth-order valence-electron chi connectivity index (χ4n) is 6.11. The average molecular weight is 280 g/mol. The van der Waals surface area contributed by atoms with Gasteiger partial charge in [-0.2, -0.15) is 0 Å². The standard InChI is InChI=1S/C18H32O2/c1-13(11-19)20-15-10-16(2,3)14-6-9-17(4)7-5-8-18(14,15)12-17/h13-15,19H,5-12H2,1-4H3/t13-,14?,15?,17?,18?/m1/s1. The molecule has 1 N–H and O–H groups in total. The van der Waals surface area contributed by atoms with Crippen LogP contribution in [0.1, 0.15) is 72.6 Å². The van der Waals surface area contributed by atoms with Gasteiger partial charge in [-0.05, 0) is 62.2 Å². The Labute approximate surface area is 124 Å². The number of rotatable bonds is 3. The number of aliphatic hydroxyl groups is 1. The van der Waals surface area contributed by atoms with Gasteiger partial charge in [-0.15, -0.1) is 0 Å². The molecule has 1 spiro atoms. The summed E-state index contributed by atoms with van der Waals surface area (Å²) in [6.07, 6.45) is 9.81. The van der Waals surface area contributed by atoms with Crippen molar-refractivity contribution in [1.82, 2.24) is 0 Å². The monoisotopic (exact) mass is 280 g/mol. The van der Waals surface area contributed by atoms with Crippen LogP contribution in [0.5, 0.6) is 0 Å². The van der Waals surface area contributed by atoms with E-state index in [0.29, 0.717) is 22.3 Å². The molecule has 5 atom stereocenters. The first-order valence-electron chi connectivity index (χ1n) is 8.58. The smallest absolute Gasteiger partial charge is 0.0781 e. The second-order valence-electron chi connectivity index (χ2n) is 8.98. The molecule has 0 aromatic carbocycles. The van der Waals surface area contributed by atoms with Crippen LogP contribution in [-0.4, -0.2) is 23.9 Å². The molecule has 2 bridgehead atoms. The summed E-state index contributed by atoms with van der Waals surface area (Å²) in [5.41, 5.74) is 1.36. The first kappa shape index (κ1) is 14.8. The topological polar surface area (TPSA) is 29.5 Å². The lowest BCUT2D eigenvalue weighted by Crippen LogP contribution is -2.50. The Bertz CT molecular complexity index is 378. The average Bonchev–Trinajstić information content (AvgIpc) is 2.55. The van der Waals surface area contributed by atoms with E-state index in [-0.39, 0.29) is 12.7 Å². The van der Waals surface area contributed by atoms with Crippen LogP contribution in [-0.2, 0) is 4.74 Å². The summed E-state index contributed by atoms with van der Waals surface area (Å²) in [6, 6.07) is 0. The fourth-order valence-corrected chi connectivity index (χ4v) is 6.11. The maximum Gasteiger partial charge on any atom is 0.0781 e. The second kappa shape index (κ2) is 4.71. The highest BCUT2D eigenvalue weighted by Gasteiger charge is 2.63. The van der Waals surface area contributed by atoms with E-state index in [2.05, 4.69) is 20.8 Å². The molecule has 0 heterocycles. The summed E-state index contributed by atoms with van der Waals surface area (Å²) in [4.78, 5) is 0. The zero-order valence-corrected chi connectivity index (χ0v) is 13.7. The SMILES string of the molecule is C[C@H](CO)OC1CC(C)(C)C2CCC3(C)CCCC12C3. The van der Waals surface area contributed by atoms with Gasteiger partial charge in [-0.3, -0.25) is 0 Å². The van der Waals surface area contributed by atoms with E-state index in [9.17, 15) is 5.11 Å². The van der Waals surface area contributed by atoms with Crippen LogP contribution in [0, 0.1) is 22.2 Å². The first-order chi connectivity index (χ1) is 9.31. The molecule has 20 heavy (non-hydrogen) atoms. The minimum absolute atomic E-state index is 0.0148. The minimum Gasteiger partial charge on any atom is -0.394 e. The van der Waals surface area contributed by atoms with Gasteiger partial charge in [0.05, 0.1) is 18.8 Å². The van der Waals surface area contributed by atoms with E-state index < -0.39 is 0 Å². The maximum atomic E-state index is 9.37. The van der Waals surface area contributed by atoms with Crippen LogP contribution >= 0.6 is 0 Å². The van der Waals surface area contributed by atoms with Crippen LogP contribution in [0.3, 0.4) is 0 Å². The summed E-state index contributed by atoms with van der Waals surface area (Å²) in [5, 5.41) is 9.37. The van der Waals surface area contributed by atoms with Crippen molar-refractivity contribution < 1.29 is 9.84 Å². The second-order valence-corrected chi connectivity index (χ2v) is 8.98. The molecule has 3 saturated carbocycles. The van der Waals surface area contributed by atoms with Gasteiger partial charge in [-0.25, -0.2) is 0 Å². The molecule has 0 aromatic heterocycles. The van der Waals surface area contributed by atoms with Gasteiger partial charge in [0, 0.05) is 5.41 Å². The third kappa shape index (κ3) is 2.14. The van der Waals surface area contributed by atoms with Crippen molar-refractivity contribution in [3.8, 4) is 0 Å². The predicted molar refractivity (Wildman–Crippen MR) is 81.6 cm³/mol. The lowest BCUT2D eigenvalue weighted by molar-refractivity contribution is -0.137. The molecule has 4 unspecified atom stereocenters. The van der Waals surface area contributed by atoms with Crippen molar-refractivity contribution in [2.24, 2.45) is 22.2 Å². The van der Waals surface area contributed by atoms with Gasteiger partial charge in [0.2, 0.25) is 0 Å². The largest absolute Gasteiger partial charge is 0.394 e. The van der Waals surface area contributed by atoms with Crippen LogP contribution in [0.2, 0.25) is 0 Å². The van der Waals surface area contributed by atoms with Gasteiger partial charge in [0.15, 0.2) is 0 Å². The molecule has 2 nitrogen and oxygen atoms in total. The third-order valence-corrected chi connectivity index (χ3v) is 6.86. The van der Waals surface area contributed by atoms with Crippen molar-refractivity contribution in [2.75, 3.05) is 6.61 Å². The summed E-state index contributed by atoms with van der Waals surface area (Å²) in [7, 11) is 0. The highest BCUT2D eigenvalue weighted by molar-refractivity contribution is 5.13. The summed E-state index contributed by atoms with van der Waals surface area (Å²) >= 11 is 0. The Balaban J connectivity index is 1.92. The Kier molecular flexibility index (Phi) is 3.49. The van der Waals surface area contributed by atoms with Gasteiger partial charge >= 0.3 is 0 Å². The molecule has 2 heteroatoms. The van der Waals surface area contributed by atoms with E-state index in [1.165, 1.54) is 44.9 Å². The normalized spacial score (nSPS) is 47.9. The molecule has 0 radical (unpaired) electrons. The molecule has 0 aromatic rings. The molecule has 0 amide bonds. The van der Waals surface area contributed by atoms with Crippen LogP contribution < -0.4 is 0 Å². The lowest BCUT2D eigenvalue weighted by atomic mass is 9.50. The maximum absolute atomic E-state index is 9.37. The van der Waals surface area contributed by atoms with Crippen molar-refractivity contribution in [3.05, 3.63) is 0 Å². The van der Waals surface area contributed by atoms with E-state index in [4.69, 9.17) is 4.74 Å². The summed E-state index contributed by atoms with van der Waals surface area (Å²) in [5.74, 6) is 0.819. The first-order valence-corrected chi connectivity index (χ1v) is 8.58.